The molecule has 1 unspecified atom stereocenters. The topological polar surface area (TPSA) is 18.5 Å². The molecule has 0 fully saturated rings. The molecule has 0 saturated heterocycles. The predicted molar refractivity (Wildman–Crippen MR) is 79.5 cm³/mol. The summed E-state index contributed by atoms with van der Waals surface area (Å²) in [7, 11) is 0. The van der Waals surface area contributed by atoms with Crippen LogP contribution < -0.4 is 9.47 Å². The molecule has 1 aromatic carbocycles. The van der Waals surface area contributed by atoms with E-state index in [2.05, 4.69) is 26.0 Å². The van der Waals surface area contributed by atoms with Gasteiger partial charge in [-0.3, -0.25) is 0 Å². The second-order valence-electron chi connectivity index (χ2n) is 5.05. The van der Waals surface area contributed by atoms with Gasteiger partial charge < -0.3 is 9.47 Å². The first-order valence-corrected chi connectivity index (χ1v) is 7.76. The Balaban J connectivity index is 2.28. The van der Waals surface area contributed by atoms with Crippen molar-refractivity contribution in [2.45, 2.75) is 51.3 Å². The van der Waals surface area contributed by atoms with E-state index in [4.69, 9.17) is 21.1 Å². The van der Waals surface area contributed by atoms with Crippen molar-refractivity contribution in [2.75, 3.05) is 13.2 Å². The molecule has 0 heterocycles. The smallest absolute Gasteiger partial charge is 0.161 e. The van der Waals surface area contributed by atoms with Crippen LogP contribution in [0.2, 0.25) is 0 Å². The maximum Gasteiger partial charge on any atom is 0.161 e. The molecule has 106 valence electrons. The lowest BCUT2D eigenvalue weighted by Crippen LogP contribution is -2.08. The summed E-state index contributed by atoms with van der Waals surface area (Å²) in [6.45, 7) is 5.66. The fraction of sp³-hybridized carbons (Fsp3) is 0.625. The van der Waals surface area contributed by atoms with E-state index in [9.17, 15) is 0 Å². The first-order valence-electron chi connectivity index (χ1n) is 7.32. The third-order valence-corrected chi connectivity index (χ3v) is 3.82. The Morgan fingerprint density at radius 1 is 1.11 bits per heavy atom. The molecule has 0 radical (unpaired) electrons. The fourth-order valence-electron chi connectivity index (χ4n) is 2.40. The molecule has 0 saturated carbocycles. The Kier molecular flexibility index (Phi) is 5.38. The average Bonchev–Trinajstić information content (AvgIpc) is 2.43. The van der Waals surface area contributed by atoms with Gasteiger partial charge in [-0.2, -0.15) is 0 Å². The van der Waals surface area contributed by atoms with Crippen molar-refractivity contribution in [1.29, 1.82) is 0 Å². The zero-order valence-corrected chi connectivity index (χ0v) is 12.6. The molecule has 1 aliphatic carbocycles. The summed E-state index contributed by atoms with van der Waals surface area (Å²) in [5.74, 6) is 1.72. The van der Waals surface area contributed by atoms with Gasteiger partial charge in [-0.15, -0.1) is 11.6 Å². The van der Waals surface area contributed by atoms with Gasteiger partial charge in [0.2, 0.25) is 0 Å². The number of alkyl halides is 1. The number of rotatable bonds is 6. The van der Waals surface area contributed by atoms with Gasteiger partial charge in [0, 0.05) is 0 Å². The lowest BCUT2D eigenvalue weighted by molar-refractivity contribution is 0.267. The van der Waals surface area contributed by atoms with Crippen LogP contribution in [0, 0.1) is 0 Å². The highest BCUT2D eigenvalue weighted by Crippen LogP contribution is 2.41. The minimum atomic E-state index is 0.118. The molecule has 0 amide bonds. The lowest BCUT2D eigenvalue weighted by Gasteiger charge is -2.23. The zero-order chi connectivity index (χ0) is 13.7. The van der Waals surface area contributed by atoms with Crippen LogP contribution in [0.4, 0.5) is 0 Å². The maximum atomic E-state index is 6.41. The largest absolute Gasteiger partial charge is 0.490 e. The van der Waals surface area contributed by atoms with E-state index in [0.717, 1.165) is 50.2 Å². The van der Waals surface area contributed by atoms with Gasteiger partial charge in [-0.05, 0) is 55.4 Å². The number of hydrogen-bond donors (Lipinski definition) is 0. The van der Waals surface area contributed by atoms with Crippen molar-refractivity contribution < 1.29 is 9.47 Å². The molecule has 3 heteroatoms. The first kappa shape index (κ1) is 14.5. The zero-order valence-electron chi connectivity index (χ0n) is 11.9. The molecular weight excluding hydrogens is 260 g/mol. The highest BCUT2D eigenvalue weighted by Gasteiger charge is 2.21. The number of fused-ring (bicyclic) bond motifs is 1. The first-order chi connectivity index (χ1) is 9.26. The summed E-state index contributed by atoms with van der Waals surface area (Å²) in [4.78, 5) is 0. The Morgan fingerprint density at radius 3 is 2.37 bits per heavy atom. The average molecular weight is 283 g/mol. The lowest BCUT2D eigenvalue weighted by atomic mass is 9.91. The maximum absolute atomic E-state index is 6.41. The van der Waals surface area contributed by atoms with E-state index in [0.29, 0.717) is 6.61 Å². The van der Waals surface area contributed by atoms with Crippen LogP contribution in [-0.2, 0) is 6.42 Å². The van der Waals surface area contributed by atoms with E-state index in [-0.39, 0.29) is 5.38 Å². The Labute approximate surface area is 121 Å². The van der Waals surface area contributed by atoms with Crippen LogP contribution in [0.3, 0.4) is 0 Å². The summed E-state index contributed by atoms with van der Waals surface area (Å²) in [6.07, 6.45) is 5.30. The number of hydrogen-bond acceptors (Lipinski definition) is 2. The van der Waals surface area contributed by atoms with Crippen LogP contribution in [0.1, 0.15) is 56.0 Å². The van der Waals surface area contributed by atoms with E-state index in [1.54, 1.807) is 0 Å². The molecule has 0 spiro atoms. The number of halogens is 1. The van der Waals surface area contributed by atoms with Gasteiger partial charge >= 0.3 is 0 Å². The summed E-state index contributed by atoms with van der Waals surface area (Å²) in [6, 6.07) is 4.22. The summed E-state index contributed by atoms with van der Waals surface area (Å²) < 4.78 is 11.6. The number of aryl methyl sites for hydroxylation is 1. The van der Waals surface area contributed by atoms with E-state index in [1.165, 1.54) is 11.1 Å². The van der Waals surface area contributed by atoms with Crippen LogP contribution in [0.25, 0.3) is 0 Å². The normalized spacial score (nSPS) is 17.9. The van der Waals surface area contributed by atoms with Crippen molar-refractivity contribution in [3.05, 3.63) is 23.3 Å². The second-order valence-corrected chi connectivity index (χ2v) is 5.58. The molecule has 19 heavy (non-hydrogen) atoms. The van der Waals surface area contributed by atoms with Crippen molar-refractivity contribution in [3.63, 3.8) is 0 Å². The quantitative estimate of drug-likeness (QED) is 0.692. The van der Waals surface area contributed by atoms with Gasteiger partial charge in [0.25, 0.3) is 0 Å². The SMILES string of the molecule is CCCOc1cc2c(cc1OCCC)C(Cl)CCC2. The number of benzene rings is 1. The summed E-state index contributed by atoms with van der Waals surface area (Å²) in [5.41, 5.74) is 2.55. The van der Waals surface area contributed by atoms with E-state index < -0.39 is 0 Å². The van der Waals surface area contributed by atoms with Gasteiger partial charge in [0.05, 0.1) is 18.6 Å². The Bertz CT molecular complexity index is 417. The minimum absolute atomic E-state index is 0.118. The van der Waals surface area contributed by atoms with Crippen molar-refractivity contribution in [2.24, 2.45) is 0 Å². The van der Waals surface area contributed by atoms with Crippen LogP contribution in [0.15, 0.2) is 12.1 Å². The Hall–Kier alpha value is -0.890. The van der Waals surface area contributed by atoms with Gasteiger partial charge in [-0.1, -0.05) is 13.8 Å². The van der Waals surface area contributed by atoms with E-state index >= 15 is 0 Å². The van der Waals surface area contributed by atoms with Gasteiger partial charge in [0.1, 0.15) is 0 Å². The predicted octanol–water partition coefficient (Wildman–Crippen LogP) is 4.88. The highest BCUT2D eigenvalue weighted by atomic mass is 35.5. The summed E-state index contributed by atoms with van der Waals surface area (Å²) in [5, 5.41) is 0.118. The van der Waals surface area contributed by atoms with Crippen LogP contribution in [-0.4, -0.2) is 13.2 Å². The van der Waals surface area contributed by atoms with Crippen molar-refractivity contribution in [3.8, 4) is 11.5 Å². The van der Waals surface area contributed by atoms with Gasteiger partial charge in [0.15, 0.2) is 11.5 Å². The van der Waals surface area contributed by atoms with Gasteiger partial charge in [-0.25, -0.2) is 0 Å². The minimum Gasteiger partial charge on any atom is -0.490 e. The highest BCUT2D eigenvalue weighted by molar-refractivity contribution is 6.21. The van der Waals surface area contributed by atoms with E-state index in [1.807, 2.05) is 0 Å². The third-order valence-electron chi connectivity index (χ3n) is 3.37. The van der Waals surface area contributed by atoms with Crippen LogP contribution in [0.5, 0.6) is 11.5 Å². The molecule has 1 atom stereocenters. The van der Waals surface area contributed by atoms with Crippen molar-refractivity contribution in [1.82, 2.24) is 0 Å². The molecule has 0 N–H and O–H groups in total. The molecule has 0 aromatic heterocycles. The molecule has 0 bridgehead atoms. The number of ether oxygens (including phenoxy) is 2. The molecule has 1 aliphatic rings. The Morgan fingerprint density at radius 2 is 1.74 bits per heavy atom. The second kappa shape index (κ2) is 7.04. The molecular formula is C16H23ClO2. The molecule has 2 nitrogen and oxygen atoms in total. The molecule has 0 aliphatic heterocycles. The fourth-order valence-corrected chi connectivity index (χ4v) is 2.76. The van der Waals surface area contributed by atoms with Crippen molar-refractivity contribution >= 4 is 11.6 Å². The monoisotopic (exact) mass is 282 g/mol. The molecule has 1 aromatic rings. The summed E-state index contributed by atoms with van der Waals surface area (Å²) >= 11 is 6.41. The molecule has 2 rings (SSSR count). The van der Waals surface area contributed by atoms with Crippen LogP contribution >= 0.6 is 11.6 Å². The third kappa shape index (κ3) is 3.56. The standard InChI is InChI=1S/C16H23ClO2/c1-3-8-18-15-10-12-6-5-7-14(17)13(12)11-16(15)19-9-4-2/h10-11,14H,3-9H2,1-2H3.